The topological polar surface area (TPSA) is 49.4 Å². The van der Waals surface area contributed by atoms with Gasteiger partial charge in [0.1, 0.15) is 5.78 Å². The first-order valence-electron chi connectivity index (χ1n) is 5.67. The quantitative estimate of drug-likeness (QED) is 0.861. The number of aryl methyl sites for hydroxylation is 1. The number of amides is 2. The Hall–Kier alpha value is -1.84. The van der Waals surface area contributed by atoms with Crippen molar-refractivity contribution in [2.45, 2.75) is 19.9 Å². The van der Waals surface area contributed by atoms with Gasteiger partial charge in [-0.1, -0.05) is 29.8 Å². The van der Waals surface area contributed by atoms with Crippen LogP contribution in [0.25, 0.3) is 0 Å². The highest BCUT2D eigenvalue weighted by atomic mass is 16.2. The number of Topliss-reactive ketones (excluding diaryl/α,β-unsaturated/α-hetero) is 1. The van der Waals surface area contributed by atoms with Crippen LogP contribution in [-0.4, -0.2) is 29.8 Å². The SMILES string of the molecule is CC(=O)CN1CC(c2ccc(C)cc2)NC1=O. The monoisotopic (exact) mass is 232 g/mol. The van der Waals surface area contributed by atoms with E-state index in [4.69, 9.17) is 0 Å². The summed E-state index contributed by atoms with van der Waals surface area (Å²) in [6.45, 7) is 4.27. The van der Waals surface area contributed by atoms with Gasteiger partial charge in [0.15, 0.2) is 0 Å². The maximum absolute atomic E-state index is 11.6. The molecule has 1 heterocycles. The van der Waals surface area contributed by atoms with Crippen molar-refractivity contribution in [3.63, 3.8) is 0 Å². The molecule has 1 aromatic rings. The van der Waals surface area contributed by atoms with E-state index in [1.54, 1.807) is 4.90 Å². The second-order valence-corrected chi connectivity index (χ2v) is 4.50. The van der Waals surface area contributed by atoms with Gasteiger partial charge < -0.3 is 10.2 Å². The van der Waals surface area contributed by atoms with Crippen molar-refractivity contribution in [3.8, 4) is 0 Å². The first-order chi connectivity index (χ1) is 8.06. The molecule has 0 radical (unpaired) electrons. The van der Waals surface area contributed by atoms with Gasteiger partial charge in [-0.25, -0.2) is 4.79 Å². The highest BCUT2D eigenvalue weighted by Crippen LogP contribution is 2.20. The minimum Gasteiger partial charge on any atom is -0.329 e. The predicted molar refractivity (Wildman–Crippen MR) is 64.7 cm³/mol. The molecule has 1 N–H and O–H groups in total. The van der Waals surface area contributed by atoms with Gasteiger partial charge in [-0.15, -0.1) is 0 Å². The predicted octanol–water partition coefficient (Wildman–Crippen LogP) is 1.65. The first kappa shape index (κ1) is 11.6. The molecule has 2 rings (SSSR count). The minimum absolute atomic E-state index is 0.00436. The number of nitrogens with one attached hydrogen (secondary N) is 1. The lowest BCUT2D eigenvalue weighted by Gasteiger charge is -2.12. The van der Waals surface area contributed by atoms with E-state index in [0.29, 0.717) is 6.54 Å². The summed E-state index contributed by atoms with van der Waals surface area (Å²) in [6.07, 6.45) is 0. The van der Waals surface area contributed by atoms with Crippen LogP contribution >= 0.6 is 0 Å². The van der Waals surface area contributed by atoms with Crippen LogP contribution < -0.4 is 5.32 Å². The molecule has 0 aliphatic carbocycles. The maximum Gasteiger partial charge on any atom is 0.318 e. The molecule has 0 spiro atoms. The third-order valence-corrected chi connectivity index (χ3v) is 2.88. The zero-order valence-electron chi connectivity index (χ0n) is 10.1. The Bertz CT molecular complexity index is 439. The normalized spacial score (nSPS) is 19.3. The van der Waals surface area contributed by atoms with Gasteiger partial charge in [-0.2, -0.15) is 0 Å². The largest absolute Gasteiger partial charge is 0.329 e. The van der Waals surface area contributed by atoms with Gasteiger partial charge in [-0.05, 0) is 19.4 Å². The van der Waals surface area contributed by atoms with Crippen molar-refractivity contribution < 1.29 is 9.59 Å². The van der Waals surface area contributed by atoms with E-state index < -0.39 is 0 Å². The molecule has 1 saturated heterocycles. The molecule has 4 nitrogen and oxygen atoms in total. The molecular weight excluding hydrogens is 216 g/mol. The molecule has 17 heavy (non-hydrogen) atoms. The van der Waals surface area contributed by atoms with Crippen molar-refractivity contribution in [1.29, 1.82) is 0 Å². The molecule has 4 heteroatoms. The van der Waals surface area contributed by atoms with Gasteiger partial charge >= 0.3 is 6.03 Å². The van der Waals surface area contributed by atoms with Crippen LogP contribution in [0.5, 0.6) is 0 Å². The molecule has 0 bridgehead atoms. The van der Waals surface area contributed by atoms with Crippen molar-refractivity contribution in [2.24, 2.45) is 0 Å². The van der Waals surface area contributed by atoms with E-state index >= 15 is 0 Å². The lowest BCUT2D eigenvalue weighted by Crippen LogP contribution is -2.32. The number of urea groups is 1. The molecule has 0 saturated carbocycles. The third-order valence-electron chi connectivity index (χ3n) is 2.88. The van der Waals surface area contributed by atoms with Gasteiger partial charge in [0.05, 0.1) is 12.6 Å². The number of carbonyl (C=O) groups excluding carboxylic acids is 2. The number of hydrogen-bond acceptors (Lipinski definition) is 2. The smallest absolute Gasteiger partial charge is 0.318 e. The Morgan fingerprint density at radius 3 is 2.65 bits per heavy atom. The summed E-state index contributed by atoms with van der Waals surface area (Å²) in [7, 11) is 0. The van der Waals surface area contributed by atoms with E-state index in [2.05, 4.69) is 5.32 Å². The van der Waals surface area contributed by atoms with Crippen molar-refractivity contribution in [1.82, 2.24) is 10.2 Å². The van der Waals surface area contributed by atoms with E-state index in [1.165, 1.54) is 12.5 Å². The molecule has 1 unspecified atom stereocenters. The molecule has 1 aliphatic rings. The van der Waals surface area contributed by atoms with Crippen LogP contribution in [0.2, 0.25) is 0 Å². The first-order valence-corrected chi connectivity index (χ1v) is 5.67. The molecule has 90 valence electrons. The van der Waals surface area contributed by atoms with Gasteiger partial charge in [0.25, 0.3) is 0 Å². The second-order valence-electron chi connectivity index (χ2n) is 4.50. The molecule has 1 fully saturated rings. The average molecular weight is 232 g/mol. The lowest BCUT2D eigenvalue weighted by atomic mass is 10.1. The zero-order valence-corrected chi connectivity index (χ0v) is 10.1. The van der Waals surface area contributed by atoms with Crippen LogP contribution in [-0.2, 0) is 4.79 Å². The summed E-state index contributed by atoms with van der Waals surface area (Å²) in [6, 6.07) is 7.90. The fraction of sp³-hybridized carbons (Fsp3) is 0.385. The maximum atomic E-state index is 11.6. The second kappa shape index (κ2) is 4.57. The van der Waals surface area contributed by atoms with E-state index in [9.17, 15) is 9.59 Å². The van der Waals surface area contributed by atoms with Crippen molar-refractivity contribution in [3.05, 3.63) is 35.4 Å². The summed E-state index contributed by atoms with van der Waals surface area (Å²) >= 11 is 0. The molecule has 1 aromatic carbocycles. The molecule has 1 aliphatic heterocycles. The minimum atomic E-state index is -0.161. The van der Waals surface area contributed by atoms with Crippen LogP contribution in [0.15, 0.2) is 24.3 Å². The summed E-state index contributed by atoms with van der Waals surface area (Å²) in [5, 5.41) is 2.88. The van der Waals surface area contributed by atoms with Crippen LogP contribution in [0.1, 0.15) is 24.1 Å². The summed E-state index contributed by atoms with van der Waals surface area (Å²) in [5.41, 5.74) is 2.27. The summed E-state index contributed by atoms with van der Waals surface area (Å²) in [4.78, 5) is 24.2. The summed E-state index contributed by atoms with van der Waals surface area (Å²) < 4.78 is 0. The molecule has 0 aromatic heterocycles. The van der Waals surface area contributed by atoms with Crippen LogP contribution in [0.3, 0.4) is 0 Å². The summed E-state index contributed by atoms with van der Waals surface area (Å²) in [5.74, 6) is 0.00436. The van der Waals surface area contributed by atoms with Gasteiger partial charge in [-0.3, -0.25) is 4.79 Å². The Morgan fingerprint density at radius 2 is 2.06 bits per heavy atom. The van der Waals surface area contributed by atoms with Gasteiger partial charge in [0, 0.05) is 6.54 Å². The zero-order chi connectivity index (χ0) is 12.4. The van der Waals surface area contributed by atoms with Crippen molar-refractivity contribution >= 4 is 11.8 Å². The average Bonchev–Trinajstić information content (AvgIpc) is 2.60. The van der Waals surface area contributed by atoms with E-state index in [-0.39, 0.29) is 24.4 Å². The van der Waals surface area contributed by atoms with Gasteiger partial charge in [0.2, 0.25) is 0 Å². The van der Waals surface area contributed by atoms with E-state index in [0.717, 1.165) is 5.56 Å². The Morgan fingerprint density at radius 1 is 1.41 bits per heavy atom. The van der Waals surface area contributed by atoms with Crippen LogP contribution in [0, 0.1) is 6.92 Å². The number of hydrogen-bond donors (Lipinski definition) is 1. The number of nitrogens with zero attached hydrogens (tertiary/aromatic N) is 1. The fourth-order valence-corrected chi connectivity index (χ4v) is 1.98. The Kier molecular flexibility index (Phi) is 3.13. The highest BCUT2D eigenvalue weighted by molar-refractivity contribution is 5.85. The number of ketones is 1. The highest BCUT2D eigenvalue weighted by Gasteiger charge is 2.29. The number of carbonyl (C=O) groups is 2. The molecule has 1 atom stereocenters. The molecular formula is C13H16N2O2. The number of benzene rings is 1. The van der Waals surface area contributed by atoms with Crippen LogP contribution in [0.4, 0.5) is 4.79 Å². The third kappa shape index (κ3) is 2.64. The Balaban J connectivity index is 2.08. The number of rotatable bonds is 3. The van der Waals surface area contributed by atoms with E-state index in [1.807, 2.05) is 31.2 Å². The molecule has 2 amide bonds. The van der Waals surface area contributed by atoms with Crippen molar-refractivity contribution in [2.75, 3.05) is 13.1 Å². The fourth-order valence-electron chi connectivity index (χ4n) is 1.98. The standard InChI is InChI=1S/C13H16N2O2/c1-9-3-5-11(6-4-9)12-8-15(7-10(2)16)13(17)14-12/h3-6,12H,7-8H2,1-2H3,(H,14,17). The Labute approximate surface area is 101 Å². The lowest BCUT2D eigenvalue weighted by molar-refractivity contribution is -0.117.